The highest BCUT2D eigenvalue weighted by Crippen LogP contribution is 2.16. The Bertz CT molecular complexity index is 1000. The van der Waals surface area contributed by atoms with Crippen molar-refractivity contribution in [1.82, 2.24) is 9.38 Å². The third-order valence-corrected chi connectivity index (χ3v) is 3.87. The van der Waals surface area contributed by atoms with Crippen molar-refractivity contribution in [3.05, 3.63) is 75.3 Å². The third kappa shape index (κ3) is 4.08. The first-order valence-electron chi connectivity index (χ1n) is 8.27. The van der Waals surface area contributed by atoms with Crippen LogP contribution >= 0.6 is 0 Å². The molecule has 0 saturated carbocycles. The van der Waals surface area contributed by atoms with E-state index in [1.54, 1.807) is 6.07 Å². The van der Waals surface area contributed by atoms with Crippen LogP contribution < -0.4 is 10.3 Å². The van der Waals surface area contributed by atoms with Gasteiger partial charge in [0.15, 0.2) is 6.61 Å². The van der Waals surface area contributed by atoms with E-state index in [2.05, 4.69) is 4.98 Å². The lowest BCUT2D eigenvalue weighted by molar-refractivity contribution is -0.147. The fraction of sp³-hybridized carbons (Fsp3) is 0.250. The van der Waals surface area contributed by atoms with Gasteiger partial charge >= 0.3 is 5.97 Å². The molecule has 3 rings (SSSR count). The first kappa shape index (κ1) is 17.7. The minimum absolute atomic E-state index is 0.0747. The Morgan fingerprint density at radius 1 is 1.08 bits per heavy atom. The van der Waals surface area contributed by atoms with Crippen LogP contribution in [-0.2, 0) is 16.1 Å². The first-order valence-corrected chi connectivity index (χ1v) is 8.27. The van der Waals surface area contributed by atoms with Gasteiger partial charge in [-0.05, 0) is 56.2 Å². The lowest BCUT2D eigenvalue weighted by Crippen LogP contribution is -2.19. The molecule has 26 heavy (non-hydrogen) atoms. The Labute approximate surface area is 151 Å². The SMILES string of the molecule is Cc1cc(C)cc(OCC(=O)OCc2cc(=O)n3c(C)cccc3n2)c1. The fourth-order valence-electron chi connectivity index (χ4n) is 2.79. The topological polar surface area (TPSA) is 69.9 Å². The number of carbonyl (C=O) groups is 1. The first-order chi connectivity index (χ1) is 12.4. The maximum absolute atomic E-state index is 12.2. The molecule has 0 aliphatic heterocycles. The standard InChI is InChI=1S/C20H20N2O4/c1-13-7-14(2)9-17(8-13)25-12-20(24)26-11-16-10-19(23)22-15(3)5-4-6-18(22)21-16/h4-10H,11-12H2,1-3H3. The Morgan fingerprint density at radius 2 is 1.81 bits per heavy atom. The summed E-state index contributed by atoms with van der Waals surface area (Å²) >= 11 is 0. The molecular weight excluding hydrogens is 332 g/mol. The van der Waals surface area contributed by atoms with Gasteiger partial charge < -0.3 is 9.47 Å². The summed E-state index contributed by atoms with van der Waals surface area (Å²) in [7, 11) is 0. The van der Waals surface area contributed by atoms with Gasteiger partial charge in [-0.2, -0.15) is 0 Å². The second-order valence-corrected chi connectivity index (χ2v) is 6.22. The number of pyridine rings is 1. The van der Waals surface area contributed by atoms with E-state index in [4.69, 9.17) is 9.47 Å². The van der Waals surface area contributed by atoms with Crippen LogP contribution in [0.1, 0.15) is 22.5 Å². The normalized spacial score (nSPS) is 10.7. The lowest BCUT2D eigenvalue weighted by Gasteiger charge is -2.09. The molecule has 0 aliphatic rings. The summed E-state index contributed by atoms with van der Waals surface area (Å²) < 4.78 is 12.1. The molecule has 0 unspecified atom stereocenters. The average Bonchev–Trinajstić information content (AvgIpc) is 2.57. The van der Waals surface area contributed by atoms with Crippen molar-refractivity contribution < 1.29 is 14.3 Å². The predicted octanol–water partition coefficient (Wildman–Crippen LogP) is 2.74. The van der Waals surface area contributed by atoms with Gasteiger partial charge in [-0.3, -0.25) is 9.20 Å². The van der Waals surface area contributed by atoms with Crippen molar-refractivity contribution in [2.75, 3.05) is 6.61 Å². The molecule has 2 heterocycles. The van der Waals surface area contributed by atoms with Crippen LogP contribution in [0.3, 0.4) is 0 Å². The highest BCUT2D eigenvalue weighted by molar-refractivity contribution is 5.71. The van der Waals surface area contributed by atoms with E-state index in [1.807, 2.05) is 51.1 Å². The molecular formula is C20H20N2O4. The van der Waals surface area contributed by atoms with Gasteiger partial charge in [0.05, 0.1) is 5.69 Å². The van der Waals surface area contributed by atoms with Gasteiger partial charge in [0, 0.05) is 11.8 Å². The van der Waals surface area contributed by atoms with E-state index in [9.17, 15) is 9.59 Å². The van der Waals surface area contributed by atoms with Crippen LogP contribution in [0.15, 0.2) is 47.3 Å². The molecule has 0 bridgehead atoms. The quantitative estimate of drug-likeness (QED) is 0.661. The van der Waals surface area contributed by atoms with Crippen LogP contribution in [-0.4, -0.2) is 22.0 Å². The predicted molar refractivity (Wildman–Crippen MR) is 97.4 cm³/mol. The van der Waals surface area contributed by atoms with Gasteiger partial charge in [-0.15, -0.1) is 0 Å². The van der Waals surface area contributed by atoms with Gasteiger partial charge in [-0.1, -0.05) is 12.1 Å². The van der Waals surface area contributed by atoms with Gasteiger partial charge in [0.25, 0.3) is 5.56 Å². The molecule has 0 spiro atoms. The molecule has 2 aromatic heterocycles. The summed E-state index contributed by atoms with van der Waals surface area (Å²) in [5, 5.41) is 0. The highest BCUT2D eigenvalue weighted by Gasteiger charge is 2.09. The van der Waals surface area contributed by atoms with Crippen LogP contribution in [0.4, 0.5) is 0 Å². The molecule has 134 valence electrons. The Balaban J connectivity index is 1.62. The van der Waals surface area contributed by atoms with E-state index in [1.165, 1.54) is 10.5 Å². The zero-order valence-corrected chi connectivity index (χ0v) is 15.0. The number of nitrogens with zero attached hydrogens (tertiary/aromatic N) is 2. The average molecular weight is 352 g/mol. The molecule has 6 nitrogen and oxygen atoms in total. The monoisotopic (exact) mass is 352 g/mol. The number of aryl methyl sites for hydroxylation is 3. The van der Waals surface area contributed by atoms with Crippen molar-refractivity contribution in [3.8, 4) is 5.75 Å². The number of aromatic nitrogens is 2. The maximum atomic E-state index is 12.2. The Kier molecular flexibility index (Phi) is 5.02. The Hall–Kier alpha value is -3.15. The van der Waals surface area contributed by atoms with Crippen LogP contribution in [0.25, 0.3) is 5.65 Å². The minimum Gasteiger partial charge on any atom is -0.482 e. The summed E-state index contributed by atoms with van der Waals surface area (Å²) in [5.74, 6) is 0.104. The van der Waals surface area contributed by atoms with Gasteiger partial charge in [-0.25, -0.2) is 9.78 Å². The van der Waals surface area contributed by atoms with E-state index >= 15 is 0 Å². The lowest BCUT2D eigenvalue weighted by atomic mass is 10.1. The van der Waals surface area contributed by atoms with Crippen molar-refractivity contribution >= 4 is 11.6 Å². The second-order valence-electron chi connectivity index (χ2n) is 6.22. The molecule has 0 atom stereocenters. The Morgan fingerprint density at radius 3 is 2.54 bits per heavy atom. The molecule has 1 aromatic carbocycles. The van der Waals surface area contributed by atoms with Crippen LogP contribution in [0.5, 0.6) is 5.75 Å². The van der Waals surface area contributed by atoms with E-state index in [0.717, 1.165) is 16.8 Å². The zero-order chi connectivity index (χ0) is 18.7. The number of fused-ring (bicyclic) bond motifs is 1. The summed E-state index contributed by atoms with van der Waals surface area (Å²) in [6.07, 6.45) is 0. The molecule has 0 N–H and O–H groups in total. The van der Waals surface area contributed by atoms with Crippen molar-refractivity contribution in [3.63, 3.8) is 0 Å². The number of esters is 1. The minimum atomic E-state index is -0.518. The molecule has 3 aromatic rings. The van der Waals surface area contributed by atoms with Gasteiger partial charge in [0.1, 0.15) is 18.0 Å². The number of rotatable bonds is 5. The number of hydrogen-bond acceptors (Lipinski definition) is 5. The second kappa shape index (κ2) is 7.39. The number of ether oxygens (including phenoxy) is 2. The molecule has 0 fully saturated rings. The summed E-state index contributed by atoms with van der Waals surface area (Å²) in [6, 6.07) is 12.5. The molecule has 0 saturated heterocycles. The third-order valence-electron chi connectivity index (χ3n) is 3.87. The zero-order valence-electron chi connectivity index (χ0n) is 15.0. The number of hydrogen-bond donors (Lipinski definition) is 0. The maximum Gasteiger partial charge on any atom is 0.344 e. The van der Waals surface area contributed by atoms with Crippen molar-refractivity contribution in [2.24, 2.45) is 0 Å². The van der Waals surface area contributed by atoms with E-state index < -0.39 is 5.97 Å². The van der Waals surface area contributed by atoms with Crippen LogP contribution in [0, 0.1) is 20.8 Å². The smallest absolute Gasteiger partial charge is 0.344 e. The molecule has 0 aliphatic carbocycles. The molecule has 6 heteroatoms. The summed E-state index contributed by atoms with van der Waals surface area (Å²) in [6.45, 7) is 5.48. The molecule has 0 radical (unpaired) electrons. The number of benzene rings is 1. The van der Waals surface area contributed by atoms with Crippen LogP contribution in [0.2, 0.25) is 0 Å². The highest BCUT2D eigenvalue weighted by atomic mass is 16.6. The summed E-state index contributed by atoms with van der Waals surface area (Å²) in [4.78, 5) is 28.5. The van der Waals surface area contributed by atoms with Crippen molar-refractivity contribution in [1.29, 1.82) is 0 Å². The summed E-state index contributed by atoms with van der Waals surface area (Å²) in [5.41, 5.74) is 3.64. The van der Waals surface area contributed by atoms with Crippen molar-refractivity contribution in [2.45, 2.75) is 27.4 Å². The van der Waals surface area contributed by atoms with Gasteiger partial charge in [0.2, 0.25) is 0 Å². The number of carbonyl (C=O) groups excluding carboxylic acids is 1. The molecule has 0 amide bonds. The van der Waals surface area contributed by atoms with E-state index in [-0.39, 0.29) is 18.8 Å². The van der Waals surface area contributed by atoms with E-state index in [0.29, 0.717) is 17.1 Å². The fourth-order valence-corrected chi connectivity index (χ4v) is 2.79. The largest absolute Gasteiger partial charge is 0.482 e.